The lowest BCUT2D eigenvalue weighted by atomic mass is 10.1. The van der Waals surface area contributed by atoms with E-state index >= 15 is 0 Å². The lowest BCUT2D eigenvalue weighted by Crippen LogP contribution is -2.21. The van der Waals surface area contributed by atoms with Gasteiger partial charge < -0.3 is 4.90 Å². The highest BCUT2D eigenvalue weighted by Crippen LogP contribution is 2.31. The van der Waals surface area contributed by atoms with Crippen molar-refractivity contribution in [3.05, 3.63) is 52.2 Å². The number of nitrogens with zero attached hydrogens (tertiary/aromatic N) is 1. The zero-order chi connectivity index (χ0) is 14.7. The van der Waals surface area contributed by atoms with E-state index in [1.165, 1.54) is 25.5 Å². The van der Waals surface area contributed by atoms with E-state index in [0.717, 1.165) is 13.1 Å². The maximum atomic E-state index is 2.36. The second-order valence-electron chi connectivity index (χ2n) is 4.90. The van der Waals surface area contributed by atoms with Gasteiger partial charge in [0.05, 0.1) is 0 Å². The molecule has 0 saturated heterocycles. The van der Waals surface area contributed by atoms with E-state index < -0.39 is 0 Å². The van der Waals surface area contributed by atoms with Crippen molar-refractivity contribution in [1.82, 2.24) is 0 Å². The van der Waals surface area contributed by atoms with Crippen LogP contribution in [0.4, 0.5) is 5.69 Å². The van der Waals surface area contributed by atoms with Crippen LogP contribution in [0.5, 0.6) is 0 Å². The minimum absolute atomic E-state index is 1.05. The van der Waals surface area contributed by atoms with Crippen LogP contribution in [-0.2, 0) is 0 Å². The Balaban J connectivity index is 1.75. The summed E-state index contributed by atoms with van der Waals surface area (Å²) >= 11 is 3.66. The normalized spacial score (nSPS) is 11.5. The third kappa shape index (κ3) is 3.20. The van der Waals surface area contributed by atoms with Crippen LogP contribution >= 0.6 is 22.7 Å². The Labute approximate surface area is 134 Å². The summed E-state index contributed by atoms with van der Waals surface area (Å²) < 4.78 is 2.77. The molecule has 0 unspecified atom stereocenters. The molecule has 21 heavy (non-hydrogen) atoms. The Hall–Kier alpha value is -1.58. The molecule has 3 aromatic rings. The molecule has 2 heterocycles. The van der Waals surface area contributed by atoms with Gasteiger partial charge in [0, 0.05) is 33.1 Å². The van der Waals surface area contributed by atoms with E-state index in [9.17, 15) is 0 Å². The zero-order valence-corrected chi connectivity index (χ0v) is 14.0. The number of thiophene rings is 2. The van der Waals surface area contributed by atoms with E-state index in [-0.39, 0.29) is 0 Å². The molecule has 0 aliphatic rings. The topological polar surface area (TPSA) is 3.24 Å². The quantitative estimate of drug-likeness (QED) is 0.560. The first-order valence-electron chi connectivity index (χ1n) is 7.30. The van der Waals surface area contributed by atoms with Crippen molar-refractivity contribution in [1.29, 1.82) is 0 Å². The Bertz CT molecular complexity index is 702. The molecule has 0 amide bonds. The summed E-state index contributed by atoms with van der Waals surface area (Å²) in [6.45, 7) is 6.49. The standard InChI is InChI=1S/C18H19NS2/c1-3-19(4-2)15-8-5-14(6-9-15)7-10-16-13-18-17(21-16)11-12-20-18/h5-13H,3-4H2,1-2H3/b10-7+. The molecule has 108 valence electrons. The highest BCUT2D eigenvalue weighted by molar-refractivity contribution is 7.27. The van der Waals surface area contributed by atoms with Crippen LogP contribution in [0.1, 0.15) is 24.3 Å². The van der Waals surface area contributed by atoms with Gasteiger partial charge >= 0.3 is 0 Å². The molecule has 3 rings (SSSR count). The SMILES string of the molecule is CCN(CC)c1ccc(/C=C/c2cc3sccc3s2)cc1. The van der Waals surface area contributed by atoms with E-state index in [4.69, 9.17) is 0 Å². The highest BCUT2D eigenvalue weighted by Gasteiger charge is 2.01. The Morgan fingerprint density at radius 3 is 2.38 bits per heavy atom. The maximum absolute atomic E-state index is 2.36. The fourth-order valence-corrected chi connectivity index (χ4v) is 4.45. The fraction of sp³-hybridized carbons (Fsp3) is 0.222. The van der Waals surface area contributed by atoms with Gasteiger partial charge in [0.1, 0.15) is 0 Å². The number of anilines is 1. The molecule has 0 atom stereocenters. The molecule has 1 nitrogen and oxygen atoms in total. The van der Waals surface area contributed by atoms with Gasteiger partial charge in [-0.05, 0) is 55.1 Å². The molecule has 2 aromatic heterocycles. The van der Waals surface area contributed by atoms with Crippen LogP contribution in [0.2, 0.25) is 0 Å². The summed E-state index contributed by atoms with van der Waals surface area (Å²) in [6, 6.07) is 13.3. The second kappa shape index (κ2) is 6.46. The average Bonchev–Trinajstić information content (AvgIpc) is 3.09. The van der Waals surface area contributed by atoms with Gasteiger partial charge in [-0.1, -0.05) is 18.2 Å². The summed E-state index contributed by atoms with van der Waals surface area (Å²) in [5.41, 5.74) is 2.55. The van der Waals surface area contributed by atoms with Gasteiger partial charge in [-0.3, -0.25) is 0 Å². The molecule has 0 N–H and O–H groups in total. The first kappa shape index (κ1) is 14.4. The lowest BCUT2D eigenvalue weighted by Gasteiger charge is -2.20. The summed E-state index contributed by atoms with van der Waals surface area (Å²) in [4.78, 5) is 3.69. The maximum Gasteiger partial charge on any atom is 0.0456 e. The minimum atomic E-state index is 1.05. The molecule has 0 saturated carbocycles. The van der Waals surface area contributed by atoms with Crippen molar-refractivity contribution >= 4 is 49.9 Å². The van der Waals surface area contributed by atoms with Gasteiger partial charge in [-0.25, -0.2) is 0 Å². The lowest BCUT2D eigenvalue weighted by molar-refractivity contribution is 0.866. The fourth-order valence-electron chi connectivity index (χ4n) is 2.43. The molecule has 0 aliphatic carbocycles. The third-order valence-corrected chi connectivity index (χ3v) is 5.68. The smallest absolute Gasteiger partial charge is 0.0456 e. The summed E-state index contributed by atoms with van der Waals surface area (Å²) in [5, 5.41) is 2.15. The predicted molar refractivity (Wildman–Crippen MR) is 98.6 cm³/mol. The van der Waals surface area contributed by atoms with E-state index in [1.54, 1.807) is 0 Å². The molecule has 0 radical (unpaired) electrons. The molecule has 0 spiro atoms. The van der Waals surface area contributed by atoms with Crippen LogP contribution in [0.15, 0.2) is 41.8 Å². The highest BCUT2D eigenvalue weighted by atomic mass is 32.1. The number of hydrogen-bond acceptors (Lipinski definition) is 3. The monoisotopic (exact) mass is 313 g/mol. The van der Waals surface area contributed by atoms with Gasteiger partial charge in [0.25, 0.3) is 0 Å². The number of hydrogen-bond donors (Lipinski definition) is 0. The summed E-state index contributed by atoms with van der Waals surface area (Å²) in [5.74, 6) is 0. The van der Waals surface area contributed by atoms with Crippen molar-refractivity contribution in [2.24, 2.45) is 0 Å². The van der Waals surface area contributed by atoms with Gasteiger partial charge in [0.2, 0.25) is 0 Å². The average molecular weight is 313 g/mol. The van der Waals surface area contributed by atoms with Gasteiger partial charge in [-0.15, -0.1) is 22.7 Å². The summed E-state index contributed by atoms with van der Waals surface area (Å²) in [6.07, 6.45) is 4.41. The van der Waals surface area contributed by atoms with Crippen LogP contribution in [0, 0.1) is 0 Å². The Morgan fingerprint density at radius 1 is 0.952 bits per heavy atom. The molecule has 0 bridgehead atoms. The van der Waals surface area contributed by atoms with Crippen LogP contribution < -0.4 is 4.90 Å². The van der Waals surface area contributed by atoms with Crippen LogP contribution in [0.25, 0.3) is 21.6 Å². The molecule has 1 aromatic carbocycles. The van der Waals surface area contributed by atoms with E-state index in [2.05, 4.69) is 72.7 Å². The van der Waals surface area contributed by atoms with Crippen molar-refractivity contribution < 1.29 is 0 Å². The van der Waals surface area contributed by atoms with Crippen LogP contribution in [0.3, 0.4) is 0 Å². The zero-order valence-electron chi connectivity index (χ0n) is 12.4. The number of fused-ring (bicyclic) bond motifs is 1. The van der Waals surface area contributed by atoms with E-state index in [1.807, 2.05) is 22.7 Å². The van der Waals surface area contributed by atoms with Crippen molar-refractivity contribution in [3.63, 3.8) is 0 Å². The van der Waals surface area contributed by atoms with Gasteiger partial charge in [-0.2, -0.15) is 0 Å². The van der Waals surface area contributed by atoms with Crippen molar-refractivity contribution in [2.75, 3.05) is 18.0 Å². The van der Waals surface area contributed by atoms with Crippen molar-refractivity contribution in [3.8, 4) is 0 Å². The minimum Gasteiger partial charge on any atom is -0.372 e. The molecule has 3 heteroatoms. The second-order valence-corrected chi connectivity index (χ2v) is 6.96. The molecule has 0 fully saturated rings. The first-order valence-corrected chi connectivity index (χ1v) is 9.00. The number of benzene rings is 1. The number of rotatable bonds is 5. The largest absolute Gasteiger partial charge is 0.372 e. The van der Waals surface area contributed by atoms with E-state index in [0.29, 0.717) is 0 Å². The Morgan fingerprint density at radius 2 is 1.71 bits per heavy atom. The van der Waals surface area contributed by atoms with Crippen LogP contribution in [-0.4, -0.2) is 13.1 Å². The van der Waals surface area contributed by atoms with Gasteiger partial charge in [0.15, 0.2) is 0 Å². The summed E-state index contributed by atoms with van der Waals surface area (Å²) in [7, 11) is 0. The third-order valence-electron chi connectivity index (χ3n) is 3.62. The molecule has 0 aliphatic heterocycles. The molecular formula is C18H19NS2. The Kier molecular flexibility index (Phi) is 4.42. The first-order chi connectivity index (χ1) is 10.3. The molecular weight excluding hydrogens is 294 g/mol. The van der Waals surface area contributed by atoms with Crippen molar-refractivity contribution in [2.45, 2.75) is 13.8 Å². The predicted octanol–water partition coefficient (Wildman–Crippen LogP) is 5.98.